The maximum absolute atomic E-state index is 12.0. The summed E-state index contributed by atoms with van der Waals surface area (Å²) < 4.78 is 5.50. The van der Waals surface area contributed by atoms with Crippen molar-refractivity contribution in [3.05, 3.63) is 21.6 Å². The van der Waals surface area contributed by atoms with E-state index < -0.39 is 11.5 Å². The zero-order valence-corrected chi connectivity index (χ0v) is 13.2. The quantitative estimate of drug-likeness (QED) is 0.812. The number of ether oxygens (including phenoxy) is 1. The number of carbonyl (C=O) groups is 1. The van der Waals surface area contributed by atoms with Gasteiger partial charge in [0.2, 0.25) is 0 Å². The van der Waals surface area contributed by atoms with Gasteiger partial charge in [0.05, 0.1) is 19.0 Å². The summed E-state index contributed by atoms with van der Waals surface area (Å²) in [6, 6.07) is 0. The molecule has 1 aromatic heterocycles. The van der Waals surface area contributed by atoms with Crippen molar-refractivity contribution in [2.45, 2.75) is 33.2 Å². The summed E-state index contributed by atoms with van der Waals surface area (Å²) in [7, 11) is 1.26. The van der Waals surface area contributed by atoms with Gasteiger partial charge in [-0.3, -0.25) is 9.59 Å². The van der Waals surface area contributed by atoms with Gasteiger partial charge in [-0.05, 0) is 24.2 Å². The summed E-state index contributed by atoms with van der Waals surface area (Å²) >= 11 is 6.07. The Morgan fingerprint density at radius 3 is 2.76 bits per heavy atom. The number of anilines is 1. The molecule has 1 aliphatic rings. The molecule has 0 bridgehead atoms. The number of aromatic nitrogens is 2. The van der Waals surface area contributed by atoms with Crippen molar-refractivity contribution in [2.75, 3.05) is 19.0 Å². The molecule has 0 aromatic carbocycles. The van der Waals surface area contributed by atoms with Crippen LogP contribution in [0.15, 0.2) is 11.0 Å². The van der Waals surface area contributed by atoms with Crippen LogP contribution in [-0.2, 0) is 16.1 Å². The van der Waals surface area contributed by atoms with E-state index in [1.54, 1.807) is 0 Å². The topological polar surface area (TPSA) is 73.2 Å². The first-order valence-corrected chi connectivity index (χ1v) is 7.34. The zero-order valence-electron chi connectivity index (χ0n) is 12.5. The lowest BCUT2D eigenvalue weighted by Crippen LogP contribution is -2.29. The number of carbonyl (C=O) groups excluding carboxylic acids is 1. The molecule has 1 saturated carbocycles. The second-order valence-electron chi connectivity index (χ2n) is 5.78. The summed E-state index contributed by atoms with van der Waals surface area (Å²) in [5.41, 5.74) is 0.306. The van der Waals surface area contributed by atoms with E-state index >= 15 is 0 Å². The monoisotopic (exact) mass is 313 g/mol. The van der Waals surface area contributed by atoms with Gasteiger partial charge in [-0.25, -0.2) is 4.68 Å². The summed E-state index contributed by atoms with van der Waals surface area (Å²) in [4.78, 5) is 23.2. The predicted octanol–water partition coefficient (Wildman–Crippen LogP) is 1.92. The number of nitrogens with zero attached hydrogens (tertiary/aromatic N) is 2. The third kappa shape index (κ3) is 3.37. The number of esters is 1. The van der Waals surface area contributed by atoms with Crippen LogP contribution in [0.5, 0.6) is 0 Å². The summed E-state index contributed by atoms with van der Waals surface area (Å²) in [5.74, 6) is 0.0366. The molecule has 0 unspecified atom stereocenters. The fraction of sp³-hybridized carbons (Fsp3) is 0.643. The third-order valence-electron chi connectivity index (χ3n) is 4.24. The minimum Gasteiger partial charge on any atom is -0.468 e. The molecule has 7 heteroatoms. The molecular formula is C14H20ClN3O3. The van der Waals surface area contributed by atoms with Gasteiger partial charge in [0, 0.05) is 6.54 Å². The first-order valence-electron chi connectivity index (χ1n) is 6.96. The second kappa shape index (κ2) is 6.05. The molecule has 0 aliphatic heterocycles. The van der Waals surface area contributed by atoms with Crippen molar-refractivity contribution < 1.29 is 9.53 Å². The fourth-order valence-corrected chi connectivity index (χ4v) is 2.49. The number of nitrogens with one attached hydrogen (secondary N) is 1. The molecular weight excluding hydrogens is 294 g/mol. The zero-order chi connectivity index (χ0) is 15.6. The highest BCUT2D eigenvalue weighted by atomic mass is 35.5. The third-order valence-corrected chi connectivity index (χ3v) is 4.60. The molecule has 0 amide bonds. The van der Waals surface area contributed by atoms with Crippen molar-refractivity contribution in [1.82, 2.24) is 9.78 Å². The Labute approximate surface area is 128 Å². The molecule has 21 heavy (non-hydrogen) atoms. The largest absolute Gasteiger partial charge is 0.468 e. The molecule has 1 heterocycles. The molecule has 0 atom stereocenters. The Balaban J connectivity index is 2.10. The van der Waals surface area contributed by atoms with E-state index in [4.69, 9.17) is 11.6 Å². The SMILES string of the molecule is COC(=O)Cn1ncc(NCC2(C(C)C)CC2)c(Cl)c1=O. The maximum atomic E-state index is 12.0. The van der Waals surface area contributed by atoms with Crippen molar-refractivity contribution in [1.29, 1.82) is 0 Å². The highest BCUT2D eigenvalue weighted by molar-refractivity contribution is 6.32. The van der Waals surface area contributed by atoms with E-state index in [1.807, 2.05) is 0 Å². The van der Waals surface area contributed by atoms with Gasteiger partial charge in [0.15, 0.2) is 0 Å². The molecule has 6 nitrogen and oxygen atoms in total. The summed E-state index contributed by atoms with van der Waals surface area (Å²) in [6.07, 6.45) is 3.84. The Morgan fingerprint density at radius 1 is 1.57 bits per heavy atom. The van der Waals surface area contributed by atoms with Crippen LogP contribution in [0.1, 0.15) is 26.7 Å². The maximum Gasteiger partial charge on any atom is 0.327 e. The first-order chi connectivity index (χ1) is 9.89. The molecule has 1 fully saturated rings. The van der Waals surface area contributed by atoms with Crippen LogP contribution >= 0.6 is 11.6 Å². The van der Waals surface area contributed by atoms with Crippen LogP contribution in [0.3, 0.4) is 0 Å². The minimum atomic E-state index is -0.543. The van der Waals surface area contributed by atoms with Crippen molar-refractivity contribution in [3.8, 4) is 0 Å². The Hall–Kier alpha value is -1.56. The van der Waals surface area contributed by atoms with E-state index in [0.717, 1.165) is 11.2 Å². The standard InChI is InChI=1S/C14H20ClN3O3/c1-9(2)14(4-5-14)8-16-10-6-17-18(7-11(19)21-3)13(20)12(10)15/h6,9,16H,4-5,7-8H2,1-3H3. The molecule has 0 radical (unpaired) electrons. The van der Waals surface area contributed by atoms with Crippen LogP contribution in [0, 0.1) is 11.3 Å². The summed E-state index contributed by atoms with van der Waals surface area (Å²) in [6.45, 7) is 4.92. The Morgan fingerprint density at radius 2 is 2.24 bits per heavy atom. The van der Waals surface area contributed by atoms with Crippen LogP contribution in [0.25, 0.3) is 0 Å². The summed E-state index contributed by atoms with van der Waals surface area (Å²) in [5, 5.41) is 7.21. The van der Waals surface area contributed by atoms with Crippen molar-refractivity contribution in [3.63, 3.8) is 0 Å². The molecule has 0 saturated heterocycles. The van der Waals surface area contributed by atoms with Gasteiger partial charge in [-0.1, -0.05) is 25.4 Å². The smallest absolute Gasteiger partial charge is 0.327 e. The number of hydrogen-bond donors (Lipinski definition) is 1. The average Bonchev–Trinajstić information content (AvgIpc) is 3.24. The average molecular weight is 314 g/mol. The number of methoxy groups -OCH3 is 1. The normalized spacial score (nSPS) is 15.9. The van der Waals surface area contributed by atoms with Crippen LogP contribution in [0.4, 0.5) is 5.69 Å². The van der Waals surface area contributed by atoms with Gasteiger partial charge in [-0.15, -0.1) is 0 Å². The Bertz CT molecular complexity index is 594. The van der Waals surface area contributed by atoms with Gasteiger partial charge >= 0.3 is 5.97 Å². The number of halogens is 1. The molecule has 116 valence electrons. The Kier molecular flexibility index (Phi) is 4.56. The van der Waals surface area contributed by atoms with E-state index in [-0.39, 0.29) is 11.6 Å². The lowest BCUT2D eigenvalue weighted by Gasteiger charge is -2.21. The predicted molar refractivity (Wildman–Crippen MR) is 80.5 cm³/mol. The van der Waals surface area contributed by atoms with Crippen LogP contribution in [0.2, 0.25) is 5.02 Å². The van der Waals surface area contributed by atoms with E-state index in [2.05, 4.69) is 29.0 Å². The lowest BCUT2D eigenvalue weighted by molar-refractivity contribution is -0.141. The number of hydrogen-bond acceptors (Lipinski definition) is 5. The highest BCUT2D eigenvalue weighted by Crippen LogP contribution is 2.51. The second-order valence-corrected chi connectivity index (χ2v) is 6.16. The van der Waals surface area contributed by atoms with Crippen molar-refractivity contribution >= 4 is 23.3 Å². The van der Waals surface area contributed by atoms with Crippen LogP contribution in [-0.4, -0.2) is 29.4 Å². The lowest BCUT2D eigenvalue weighted by atomic mass is 9.92. The van der Waals surface area contributed by atoms with E-state index in [9.17, 15) is 9.59 Å². The van der Waals surface area contributed by atoms with Crippen molar-refractivity contribution in [2.24, 2.45) is 11.3 Å². The van der Waals surface area contributed by atoms with Gasteiger partial charge in [-0.2, -0.15) is 5.10 Å². The molecule has 1 N–H and O–H groups in total. The fourth-order valence-electron chi connectivity index (χ4n) is 2.28. The highest BCUT2D eigenvalue weighted by Gasteiger charge is 2.45. The van der Waals surface area contributed by atoms with Gasteiger partial charge in [0.1, 0.15) is 11.6 Å². The van der Waals surface area contributed by atoms with E-state index in [0.29, 0.717) is 17.0 Å². The van der Waals surface area contributed by atoms with E-state index in [1.165, 1.54) is 26.1 Å². The molecule has 0 spiro atoms. The first kappa shape index (κ1) is 15.8. The minimum absolute atomic E-state index is 0.0495. The van der Waals surface area contributed by atoms with Gasteiger partial charge < -0.3 is 10.1 Å². The van der Waals surface area contributed by atoms with Crippen LogP contribution < -0.4 is 10.9 Å². The number of rotatable bonds is 6. The molecule has 2 rings (SSSR count). The van der Waals surface area contributed by atoms with Gasteiger partial charge in [0.25, 0.3) is 5.56 Å². The molecule has 1 aliphatic carbocycles. The molecule has 1 aromatic rings.